The quantitative estimate of drug-likeness (QED) is 0.695. The zero-order valence-electron chi connectivity index (χ0n) is 10.3. The fourth-order valence-corrected chi connectivity index (χ4v) is 5.32. The smallest absolute Gasteiger partial charge is 0.259 e. The zero-order chi connectivity index (χ0) is 11.1. The second kappa shape index (κ2) is 4.53. The van der Waals surface area contributed by atoms with E-state index >= 15 is 0 Å². The first kappa shape index (κ1) is 11.4. The van der Waals surface area contributed by atoms with Crippen LogP contribution in [0.1, 0.15) is 39.5 Å². The average Bonchev–Trinajstić information content (AvgIpc) is 2.58. The van der Waals surface area contributed by atoms with E-state index in [1.807, 2.05) is 0 Å². The van der Waals surface area contributed by atoms with Crippen molar-refractivity contribution in [3.8, 4) is 0 Å². The summed E-state index contributed by atoms with van der Waals surface area (Å²) in [6.45, 7) is 6.38. The maximum atomic E-state index is 5.94. The summed E-state index contributed by atoms with van der Waals surface area (Å²) in [4.78, 5) is 0. The van der Waals surface area contributed by atoms with Crippen LogP contribution in [0.4, 0.5) is 0 Å². The summed E-state index contributed by atoms with van der Waals surface area (Å²) in [5, 5.41) is 0. The van der Waals surface area contributed by atoms with Crippen LogP contribution in [-0.4, -0.2) is 30.0 Å². The van der Waals surface area contributed by atoms with Gasteiger partial charge >= 0.3 is 0 Å². The molecule has 0 aromatic rings. The Balaban J connectivity index is 1.73. The molecule has 16 heavy (non-hydrogen) atoms. The second-order valence-corrected chi connectivity index (χ2v) is 7.04. The van der Waals surface area contributed by atoms with Crippen LogP contribution in [0.15, 0.2) is 0 Å². The monoisotopic (exact) mass is 243 g/mol. The first-order valence-electron chi connectivity index (χ1n) is 6.62. The summed E-state index contributed by atoms with van der Waals surface area (Å²) >= 11 is 0. The maximum Gasteiger partial charge on any atom is 0.259 e. The Morgan fingerprint density at radius 3 is 2.94 bits per heavy atom. The first-order valence-corrected chi connectivity index (χ1v) is 7.75. The molecule has 0 aromatic heterocycles. The van der Waals surface area contributed by atoms with Crippen LogP contribution in [0.2, 0.25) is 0 Å². The van der Waals surface area contributed by atoms with Crippen molar-refractivity contribution in [2.75, 3.05) is 13.2 Å². The van der Waals surface area contributed by atoms with E-state index < -0.39 is 8.53 Å². The Labute approximate surface area is 99.5 Å². The third-order valence-corrected chi connectivity index (χ3v) is 5.95. The van der Waals surface area contributed by atoms with E-state index in [0.717, 1.165) is 24.5 Å². The maximum absolute atomic E-state index is 5.94. The van der Waals surface area contributed by atoms with E-state index in [4.69, 9.17) is 9.05 Å². The molecule has 3 nitrogen and oxygen atoms in total. The SMILES string of the molecule is CC(C)O[P@]1OC[C@H]2CN1C1CCCC[C@@H]12. The minimum absolute atomic E-state index is 0.283. The minimum Gasteiger partial charge on any atom is -0.322 e. The first-order chi connectivity index (χ1) is 7.75. The van der Waals surface area contributed by atoms with Crippen LogP contribution in [0.5, 0.6) is 0 Å². The lowest BCUT2D eigenvalue weighted by molar-refractivity contribution is 0.135. The molecule has 5 atom stereocenters. The van der Waals surface area contributed by atoms with Gasteiger partial charge in [0.15, 0.2) is 0 Å². The molecule has 2 heterocycles. The highest BCUT2D eigenvalue weighted by Gasteiger charge is 2.50. The Morgan fingerprint density at radius 2 is 2.12 bits per heavy atom. The van der Waals surface area contributed by atoms with Crippen molar-refractivity contribution in [2.24, 2.45) is 11.8 Å². The molecular formula is C12H22NO2P. The number of rotatable bonds is 2. The second-order valence-electron chi connectivity index (χ2n) is 5.59. The molecule has 0 radical (unpaired) electrons. The molecule has 2 saturated heterocycles. The molecule has 4 heteroatoms. The predicted molar refractivity (Wildman–Crippen MR) is 65.0 cm³/mol. The summed E-state index contributed by atoms with van der Waals surface area (Å²) in [5.74, 6) is 1.69. The van der Waals surface area contributed by atoms with Crippen molar-refractivity contribution in [1.29, 1.82) is 0 Å². The highest BCUT2D eigenvalue weighted by Crippen LogP contribution is 2.58. The molecule has 0 aromatic carbocycles. The number of fused-ring (bicyclic) bond motifs is 5. The molecule has 3 rings (SSSR count). The Morgan fingerprint density at radius 1 is 1.31 bits per heavy atom. The summed E-state index contributed by atoms with van der Waals surface area (Å²) in [6, 6.07) is 0.770. The van der Waals surface area contributed by atoms with Crippen molar-refractivity contribution < 1.29 is 9.05 Å². The summed E-state index contributed by atoms with van der Waals surface area (Å²) in [7, 11) is -0.743. The van der Waals surface area contributed by atoms with E-state index in [0.29, 0.717) is 0 Å². The highest BCUT2D eigenvalue weighted by atomic mass is 31.2. The summed E-state index contributed by atoms with van der Waals surface area (Å²) in [6.07, 6.45) is 5.89. The normalized spacial score (nSPS) is 47.1. The van der Waals surface area contributed by atoms with Crippen molar-refractivity contribution in [2.45, 2.75) is 51.7 Å². The van der Waals surface area contributed by atoms with Crippen molar-refractivity contribution in [3.05, 3.63) is 0 Å². The van der Waals surface area contributed by atoms with E-state index in [-0.39, 0.29) is 6.10 Å². The number of hydrogen-bond donors (Lipinski definition) is 0. The van der Waals surface area contributed by atoms with Crippen LogP contribution in [0.25, 0.3) is 0 Å². The molecule has 3 aliphatic rings. The van der Waals surface area contributed by atoms with Crippen LogP contribution in [0.3, 0.4) is 0 Å². The average molecular weight is 243 g/mol. The molecule has 1 aliphatic carbocycles. The van der Waals surface area contributed by atoms with Gasteiger partial charge in [0, 0.05) is 18.5 Å². The molecule has 2 unspecified atom stereocenters. The largest absolute Gasteiger partial charge is 0.322 e. The lowest BCUT2D eigenvalue weighted by Crippen LogP contribution is -2.32. The van der Waals surface area contributed by atoms with Crippen molar-refractivity contribution in [1.82, 2.24) is 4.67 Å². The van der Waals surface area contributed by atoms with Crippen LogP contribution >= 0.6 is 8.53 Å². The van der Waals surface area contributed by atoms with Gasteiger partial charge < -0.3 is 9.05 Å². The Kier molecular flexibility index (Phi) is 3.23. The predicted octanol–water partition coefficient (Wildman–Crippen LogP) is 3.16. The van der Waals surface area contributed by atoms with Gasteiger partial charge in [-0.25, -0.2) is 4.67 Å². The van der Waals surface area contributed by atoms with Gasteiger partial charge in [-0.15, -0.1) is 0 Å². The summed E-state index contributed by atoms with van der Waals surface area (Å²) in [5.41, 5.74) is 0. The molecule has 0 spiro atoms. The lowest BCUT2D eigenvalue weighted by Gasteiger charge is -2.35. The Hall–Kier alpha value is 0.310. The standard InChI is InChI=1S/C12H22NO2P/c1-9(2)15-16-13-7-10(8-14-16)11-5-3-4-6-12(11)13/h9-12H,3-8H2,1-2H3/t10-,11-,12?,16+/m1/s1. The van der Waals surface area contributed by atoms with Gasteiger partial charge in [-0.1, -0.05) is 12.8 Å². The van der Waals surface area contributed by atoms with Crippen LogP contribution in [0, 0.1) is 11.8 Å². The third-order valence-electron chi connectivity index (χ3n) is 4.10. The molecular weight excluding hydrogens is 221 g/mol. The third kappa shape index (κ3) is 1.92. The molecule has 2 aliphatic heterocycles. The van der Waals surface area contributed by atoms with Gasteiger partial charge in [0.2, 0.25) is 0 Å². The fraction of sp³-hybridized carbons (Fsp3) is 1.00. The molecule has 92 valence electrons. The van der Waals surface area contributed by atoms with Gasteiger partial charge in [-0.05, 0) is 32.6 Å². The van der Waals surface area contributed by atoms with Crippen LogP contribution in [-0.2, 0) is 9.05 Å². The minimum atomic E-state index is -0.743. The number of nitrogens with zero attached hydrogens (tertiary/aromatic N) is 1. The fourth-order valence-electron chi connectivity index (χ4n) is 3.44. The van der Waals surface area contributed by atoms with E-state index in [2.05, 4.69) is 18.5 Å². The summed E-state index contributed by atoms with van der Waals surface area (Å²) < 4.78 is 14.4. The van der Waals surface area contributed by atoms with Gasteiger partial charge in [-0.3, -0.25) is 0 Å². The van der Waals surface area contributed by atoms with E-state index in [9.17, 15) is 0 Å². The van der Waals surface area contributed by atoms with Gasteiger partial charge in [0.05, 0.1) is 12.7 Å². The molecule has 0 N–H and O–H groups in total. The van der Waals surface area contributed by atoms with Gasteiger partial charge in [-0.2, -0.15) is 0 Å². The molecule has 3 fully saturated rings. The van der Waals surface area contributed by atoms with Gasteiger partial charge in [0.1, 0.15) is 0 Å². The van der Waals surface area contributed by atoms with Crippen LogP contribution < -0.4 is 0 Å². The molecule has 2 bridgehead atoms. The topological polar surface area (TPSA) is 21.7 Å². The highest BCUT2D eigenvalue weighted by molar-refractivity contribution is 7.44. The van der Waals surface area contributed by atoms with Crippen molar-refractivity contribution in [3.63, 3.8) is 0 Å². The van der Waals surface area contributed by atoms with E-state index in [1.165, 1.54) is 32.2 Å². The molecule has 1 saturated carbocycles. The van der Waals surface area contributed by atoms with Crippen molar-refractivity contribution >= 4 is 8.53 Å². The van der Waals surface area contributed by atoms with E-state index in [1.54, 1.807) is 0 Å². The van der Waals surface area contributed by atoms with Gasteiger partial charge in [0.25, 0.3) is 8.53 Å². The molecule has 0 amide bonds. The lowest BCUT2D eigenvalue weighted by atomic mass is 9.80. The number of hydrogen-bond acceptors (Lipinski definition) is 3. The zero-order valence-corrected chi connectivity index (χ0v) is 11.2. The Bertz CT molecular complexity index is 261.